The van der Waals surface area contributed by atoms with Gasteiger partial charge in [-0.05, 0) is 105 Å². The Morgan fingerprint density at radius 2 is 1.83 bits per heavy atom. The Balaban J connectivity index is 1.26. The quantitative estimate of drug-likeness (QED) is 0.404. The first-order chi connectivity index (χ1) is 19.7. The van der Waals surface area contributed by atoms with E-state index in [9.17, 15) is 18.0 Å². The van der Waals surface area contributed by atoms with Crippen molar-refractivity contribution in [3.05, 3.63) is 94.6 Å². The zero-order valence-corrected chi connectivity index (χ0v) is 23.9. The molecule has 1 aliphatic heterocycles. The van der Waals surface area contributed by atoms with Gasteiger partial charge in [-0.15, -0.1) is 0 Å². The molecular weight excluding hydrogens is 525 g/mol. The van der Waals surface area contributed by atoms with E-state index in [1.807, 2.05) is 0 Å². The first kappa shape index (κ1) is 29.1. The highest BCUT2D eigenvalue weighted by atomic mass is 19.4. The van der Waals surface area contributed by atoms with Crippen LogP contribution in [0.25, 0.3) is 5.82 Å². The van der Waals surface area contributed by atoms with Crippen LogP contribution in [0.4, 0.5) is 13.2 Å². The third kappa shape index (κ3) is 7.28. The fraction of sp³-hybridized carbons (Fsp3) is 0.455. The van der Waals surface area contributed by atoms with Gasteiger partial charge in [0, 0.05) is 30.3 Å². The molecule has 1 saturated heterocycles. The van der Waals surface area contributed by atoms with Gasteiger partial charge in [-0.25, -0.2) is 4.98 Å². The zero-order chi connectivity index (χ0) is 29.0. The minimum absolute atomic E-state index is 0.250. The molecule has 1 fully saturated rings. The number of rotatable bonds is 5. The molecule has 1 N–H and O–H groups in total. The maximum absolute atomic E-state index is 13.2. The first-order valence-corrected chi connectivity index (χ1v) is 14.7. The van der Waals surface area contributed by atoms with Gasteiger partial charge in [0.15, 0.2) is 0 Å². The summed E-state index contributed by atoms with van der Waals surface area (Å²) in [5, 5.41) is 3.05. The Bertz CT molecular complexity index is 1360. The number of pyridine rings is 1. The van der Waals surface area contributed by atoms with Crippen LogP contribution in [0.2, 0.25) is 0 Å². The van der Waals surface area contributed by atoms with Crippen LogP contribution in [0.5, 0.6) is 0 Å². The van der Waals surface area contributed by atoms with Gasteiger partial charge >= 0.3 is 6.18 Å². The fourth-order valence-corrected chi connectivity index (χ4v) is 6.10. The van der Waals surface area contributed by atoms with Crippen LogP contribution in [0.3, 0.4) is 0 Å². The molecule has 1 amide bonds. The van der Waals surface area contributed by atoms with Crippen molar-refractivity contribution >= 4 is 5.91 Å². The number of carbonyl (C=O) groups excluding carboxylic acids is 1. The van der Waals surface area contributed by atoms with E-state index in [0.717, 1.165) is 42.8 Å². The SMILES string of the molecule is CC1=C/C(NC(=O)c2ccn(-c3ccc(C(F)(F)F)cn3)c2)=C\C(C)CC=C1C1=CCC(N2CCCCCC2)CC1. The Hall–Kier alpha value is -3.39. The van der Waals surface area contributed by atoms with Gasteiger partial charge in [-0.2, -0.15) is 13.2 Å². The lowest BCUT2D eigenvalue weighted by Crippen LogP contribution is -2.37. The number of nitrogens with zero attached hydrogens (tertiary/aromatic N) is 3. The summed E-state index contributed by atoms with van der Waals surface area (Å²) in [5.74, 6) is 0.279. The van der Waals surface area contributed by atoms with Gasteiger partial charge in [0.1, 0.15) is 5.82 Å². The summed E-state index contributed by atoms with van der Waals surface area (Å²) in [7, 11) is 0. The van der Waals surface area contributed by atoms with Crippen LogP contribution in [0, 0.1) is 5.92 Å². The van der Waals surface area contributed by atoms with Gasteiger partial charge in [0.2, 0.25) is 0 Å². The molecule has 0 spiro atoms. The molecule has 2 aromatic rings. The van der Waals surface area contributed by atoms with E-state index < -0.39 is 11.7 Å². The summed E-state index contributed by atoms with van der Waals surface area (Å²) in [4.78, 5) is 19.8. The second-order valence-electron chi connectivity index (χ2n) is 11.6. The highest BCUT2D eigenvalue weighted by Gasteiger charge is 2.30. The first-order valence-electron chi connectivity index (χ1n) is 14.7. The van der Waals surface area contributed by atoms with Crippen LogP contribution in [0.15, 0.2) is 83.5 Å². The number of aromatic nitrogens is 2. The van der Waals surface area contributed by atoms with Crippen molar-refractivity contribution in [2.45, 2.75) is 77.4 Å². The minimum Gasteiger partial charge on any atom is -0.322 e. The van der Waals surface area contributed by atoms with Gasteiger partial charge < -0.3 is 14.8 Å². The standard InChI is InChI=1S/C33H39F3N4O/c1-23-7-13-30(25-8-11-29(12-9-25)39-16-5-3-4-6-17-39)24(2)20-28(19-23)38-32(41)26-15-18-40(22-26)31-14-10-27(21-37-31)33(34,35)36/h8,10,13-15,18-23,29H,3-7,9,11-12,16-17H2,1-2H3,(H,38,41)/b24-20?,28-19+,30-13?. The number of alkyl halides is 3. The van der Waals surface area contributed by atoms with Crippen molar-refractivity contribution in [1.82, 2.24) is 19.8 Å². The second kappa shape index (κ2) is 12.6. The third-order valence-corrected chi connectivity index (χ3v) is 8.39. The van der Waals surface area contributed by atoms with E-state index in [1.54, 1.807) is 23.0 Å². The van der Waals surface area contributed by atoms with Crippen molar-refractivity contribution in [3.63, 3.8) is 0 Å². The summed E-state index contributed by atoms with van der Waals surface area (Å²) in [6.45, 7) is 6.71. The Morgan fingerprint density at radius 1 is 1.05 bits per heavy atom. The van der Waals surface area contributed by atoms with Crippen molar-refractivity contribution in [2.24, 2.45) is 5.92 Å². The molecule has 8 heteroatoms. The molecule has 218 valence electrons. The third-order valence-electron chi connectivity index (χ3n) is 8.39. The minimum atomic E-state index is -4.45. The number of allylic oxidation sites excluding steroid dienone is 6. The molecule has 2 unspecified atom stereocenters. The summed E-state index contributed by atoms with van der Waals surface area (Å²) in [6.07, 6.45) is 18.1. The normalized spacial score (nSPS) is 24.1. The summed E-state index contributed by atoms with van der Waals surface area (Å²) < 4.78 is 40.2. The van der Waals surface area contributed by atoms with E-state index in [2.05, 4.69) is 53.4 Å². The van der Waals surface area contributed by atoms with Crippen molar-refractivity contribution in [2.75, 3.05) is 13.1 Å². The maximum atomic E-state index is 13.2. The van der Waals surface area contributed by atoms with Crippen molar-refractivity contribution in [3.8, 4) is 5.82 Å². The molecule has 3 heterocycles. The van der Waals surface area contributed by atoms with Crippen molar-refractivity contribution < 1.29 is 18.0 Å². The molecule has 41 heavy (non-hydrogen) atoms. The highest BCUT2D eigenvalue weighted by Crippen LogP contribution is 2.34. The number of likely N-dealkylation sites (tertiary alicyclic amines) is 1. The molecule has 2 aromatic heterocycles. The average Bonchev–Trinajstić information content (AvgIpc) is 3.28. The smallest absolute Gasteiger partial charge is 0.322 e. The maximum Gasteiger partial charge on any atom is 0.417 e. The largest absolute Gasteiger partial charge is 0.417 e. The predicted molar refractivity (Wildman–Crippen MR) is 155 cm³/mol. The highest BCUT2D eigenvalue weighted by molar-refractivity contribution is 5.95. The average molecular weight is 565 g/mol. The summed E-state index contributed by atoms with van der Waals surface area (Å²) >= 11 is 0. The van der Waals surface area contributed by atoms with E-state index in [0.29, 0.717) is 17.4 Å². The molecule has 0 radical (unpaired) electrons. The second-order valence-corrected chi connectivity index (χ2v) is 11.6. The summed E-state index contributed by atoms with van der Waals surface area (Å²) in [6, 6.07) is 4.56. The lowest BCUT2D eigenvalue weighted by molar-refractivity contribution is -0.137. The Morgan fingerprint density at radius 3 is 2.49 bits per heavy atom. The van der Waals surface area contributed by atoms with Crippen molar-refractivity contribution in [1.29, 1.82) is 0 Å². The number of carbonyl (C=O) groups is 1. The number of hydrogen-bond donors (Lipinski definition) is 1. The molecule has 5 rings (SSSR count). The van der Waals surface area contributed by atoms with E-state index >= 15 is 0 Å². The van der Waals surface area contributed by atoms with Gasteiger partial charge in [0.25, 0.3) is 5.91 Å². The van der Waals surface area contributed by atoms with Crippen LogP contribution in [0.1, 0.15) is 81.1 Å². The zero-order valence-electron chi connectivity index (χ0n) is 23.9. The predicted octanol–water partition coefficient (Wildman–Crippen LogP) is 7.77. The Labute approximate surface area is 240 Å². The van der Waals surface area contributed by atoms with E-state index in [-0.39, 0.29) is 11.8 Å². The lowest BCUT2D eigenvalue weighted by atomic mass is 9.84. The number of nitrogens with one attached hydrogen (secondary N) is 1. The van der Waals surface area contributed by atoms with Crippen LogP contribution < -0.4 is 5.32 Å². The van der Waals surface area contributed by atoms with Crippen LogP contribution >= 0.6 is 0 Å². The fourth-order valence-electron chi connectivity index (χ4n) is 6.10. The number of hydrogen-bond acceptors (Lipinski definition) is 3. The Kier molecular flexibility index (Phi) is 8.97. The van der Waals surface area contributed by atoms with Crippen LogP contribution in [-0.2, 0) is 6.18 Å². The lowest BCUT2D eigenvalue weighted by Gasteiger charge is -2.33. The van der Waals surface area contributed by atoms with E-state index in [1.165, 1.54) is 62.4 Å². The van der Waals surface area contributed by atoms with Gasteiger partial charge in [0.05, 0.1) is 11.1 Å². The molecule has 0 bridgehead atoms. The molecule has 0 saturated carbocycles. The molecule has 2 atom stereocenters. The van der Waals surface area contributed by atoms with Crippen LogP contribution in [-0.4, -0.2) is 39.5 Å². The summed E-state index contributed by atoms with van der Waals surface area (Å²) in [5.41, 5.74) is 4.17. The van der Waals surface area contributed by atoms with Gasteiger partial charge in [-0.3, -0.25) is 4.79 Å². The molecule has 3 aliphatic rings. The monoisotopic (exact) mass is 564 g/mol. The molecule has 2 aliphatic carbocycles. The van der Waals surface area contributed by atoms with E-state index in [4.69, 9.17) is 0 Å². The molecule has 5 nitrogen and oxygen atoms in total. The number of halogens is 3. The van der Waals surface area contributed by atoms with Gasteiger partial charge in [-0.1, -0.05) is 38.0 Å². The topological polar surface area (TPSA) is 50.2 Å². The molecular formula is C33H39F3N4O. The molecule has 0 aromatic carbocycles. The number of amides is 1.